The van der Waals surface area contributed by atoms with Crippen LogP contribution in [0, 0.1) is 6.92 Å². The van der Waals surface area contributed by atoms with Crippen LogP contribution in [-0.4, -0.2) is 43.8 Å². The molecular formula is C12H19N3O4S. The van der Waals surface area contributed by atoms with Crippen molar-refractivity contribution in [3.8, 4) is 0 Å². The van der Waals surface area contributed by atoms with Gasteiger partial charge in [0.2, 0.25) is 0 Å². The lowest BCUT2D eigenvalue weighted by molar-refractivity contribution is 0.0952. The molecule has 7 nitrogen and oxygen atoms in total. The first-order valence-electron chi connectivity index (χ1n) is 6.44. The summed E-state index contributed by atoms with van der Waals surface area (Å²) in [6, 6.07) is 1.65. The van der Waals surface area contributed by atoms with Gasteiger partial charge in [0, 0.05) is 6.54 Å². The summed E-state index contributed by atoms with van der Waals surface area (Å²) in [6.07, 6.45) is 0.623. The van der Waals surface area contributed by atoms with Crippen LogP contribution >= 0.6 is 0 Å². The Morgan fingerprint density at radius 2 is 2.20 bits per heavy atom. The largest absolute Gasteiger partial charge is 0.464 e. The average molecular weight is 301 g/mol. The molecule has 3 N–H and O–H groups in total. The van der Waals surface area contributed by atoms with Gasteiger partial charge in [-0.3, -0.25) is 15.1 Å². The Bertz CT molecular complexity index is 594. The lowest BCUT2D eigenvalue weighted by Crippen LogP contribution is -2.30. The molecule has 0 spiro atoms. The van der Waals surface area contributed by atoms with E-state index >= 15 is 0 Å². The summed E-state index contributed by atoms with van der Waals surface area (Å²) in [5.41, 5.74) is 2.48. The molecule has 112 valence electrons. The van der Waals surface area contributed by atoms with E-state index in [-0.39, 0.29) is 11.5 Å². The fourth-order valence-corrected chi connectivity index (χ4v) is 3.60. The Labute approximate surface area is 118 Å². The lowest BCUT2D eigenvalue weighted by Gasteiger charge is -2.17. The minimum Gasteiger partial charge on any atom is -0.464 e. The number of carbonyl (C=O) groups excluding carboxylic acids is 1. The van der Waals surface area contributed by atoms with E-state index in [1.165, 1.54) is 0 Å². The molecule has 0 saturated carbocycles. The number of carbonyl (C=O) groups is 1. The summed E-state index contributed by atoms with van der Waals surface area (Å²) in [4.78, 5) is 13.5. The highest BCUT2D eigenvalue weighted by molar-refractivity contribution is 7.91. The van der Waals surface area contributed by atoms with Crippen LogP contribution in [0.5, 0.6) is 0 Å². The third-order valence-electron chi connectivity index (χ3n) is 3.37. The highest BCUT2D eigenvalue weighted by Crippen LogP contribution is 2.17. The number of nitrogen functional groups attached to an aromatic ring is 1. The van der Waals surface area contributed by atoms with Crippen LogP contribution in [-0.2, 0) is 16.4 Å². The SMILES string of the molecule is Cc1oc(CN2CCCS(=O)(=O)CC2)cc1C(=O)NN. The zero-order chi connectivity index (χ0) is 14.8. The van der Waals surface area contributed by atoms with Gasteiger partial charge in [0.1, 0.15) is 11.5 Å². The fourth-order valence-electron chi connectivity index (χ4n) is 2.29. The van der Waals surface area contributed by atoms with Gasteiger partial charge in [0.05, 0.1) is 23.6 Å². The summed E-state index contributed by atoms with van der Waals surface area (Å²) in [5.74, 6) is 6.26. The molecule has 0 bridgehead atoms. The predicted molar refractivity (Wildman–Crippen MR) is 73.6 cm³/mol. The van der Waals surface area contributed by atoms with Gasteiger partial charge in [0.25, 0.3) is 5.91 Å². The lowest BCUT2D eigenvalue weighted by atomic mass is 10.2. The highest BCUT2D eigenvalue weighted by atomic mass is 32.2. The van der Waals surface area contributed by atoms with Crippen molar-refractivity contribution in [2.24, 2.45) is 5.84 Å². The number of furan rings is 1. The molecule has 1 aromatic rings. The number of aryl methyl sites for hydroxylation is 1. The van der Waals surface area contributed by atoms with E-state index in [0.29, 0.717) is 43.1 Å². The number of rotatable bonds is 3. The molecule has 2 rings (SSSR count). The number of hydrogen-bond acceptors (Lipinski definition) is 6. The molecule has 0 unspecified atom stereocenters. The van der Waals surface area contributed by atoms with Crippen LogP contribution in [0.25, 0.3) is 0 Å². The first-order chi connectivity index (χ1) is 9.41. The maximum Gasteiger partial charge on any atom is 0.268 e. The van der Waals surface area contributed by atoms with Crippen molar-refractivity contribution in [2.45, 2.75) is 19.9 Å². The molecule has 1 saturated heterocycles. The van der Waals surface area contributed by atoms with E-state index in [2.05, 4.69) is 5.43 Å². The summed E-state index contributed by atoms with van der Waals surface area (Å²) in [7, 11) is -2.92. The van der Waals surface area contributed by atoms with Crippen LogP contribution in [0.1, 0.15) is 28.3 Å². The normalized spacial score (nSPS) is 19.5. The van der Waals surface area contributed by atoms with E-state index in [4.69, 9.17) is 10.3 Å². The quantitative estimate of drug-likeness (QED) is 0.455. The van der Waals surface area contributed by atoms with Crippen LogP contribution in [0.3, 0.4) is 0 Å². The van der Waals surface area contributed by atoms with Crippen molar-refractivity contribution in [1.29, 1.82) is 0 Å². The summed E-state index contributed by atoms with van der Waals surface area (Å²) >= 11 is 0. The van der Waals surface area contributed by atoms with Crippen LogP contribution in [0.2, 0.25) is 0 Å². The van der Waals surface area contributed by atoms with Gasteiger partial charge >= 0.3 is 0 Å². The predicted octanol–water partition coefficient (Wildman–Crippen LogP) is -0.188. The van der Waals surface area contributed by atoms with Crippen molar-refractivity contribution in [3.63, 3.8) is 0 Å². The second-order valence-electron chi connectivity index (χ2n) is 4.94. The van der Waals surface area contributed by atoms with Gasteiger partial charge < -0.3 is 4.42 Å². The number of sulfone groups is 1. The Morgan fingerprint density at radius 3 is 2.90 bits per heavy atom. The minimum atomic E-state index is -2.92. The molecule has 20 heavy (non-hydrogen) atoms. The van der Waals surface area contributed by atoms with Crippen molar-refractivity contribution in [3.05, 3.63) is 23.2 Å². The summed E-state index contributed by atoms with van der Waals surface area (Å²) < 4.78 is 28.6. The standard InChI is InChI=1S/C12H19N3O4S/c1-9-11(12(16)14-13)7-10(19-9)8-15-3-2-5-20(17,18)6-4-15/h7H,2-6,8,13H2,1H3,(H,14,16). The summed E-state index contributed by atoms with van der Waals surface area (Å²) in [6.45, 7) is 3.38. The van der Waals surface area contributed by atoms with E-state index in [0.717, 1.165) is 0 Å². The van der Waals surface area contributed by atoms with Crippen LogP contribution in [0.4, 0.5) is 0 Å². The van der Waals surface area contributed by atoms with Crippen LogP contribution < -0.4 is 11.3 Å². The zero-order valence-corrected chi connectivity index (χ0v) is 12.2. The number of amides is 1. The van der Waals surface area contributed by atoms with Crippen molar-refractivity contribution in [2.75, 3.05) is 24.6 Å². The number of nitrogens with one attached hydrogen (secondary N) is 1. The third-order valence-corrected chi connectivity index (χ3v) is 5.09. The number of hydrazine groups is 1. The monoisotopic (exact) mass is 301 g/mol. The Balaban J connectivity index is 2.05. The molecule has 8 heteroatoms. The van der Waals surface area contributed by atoms with Gasteiger partial charge in [-0.2, -0.15) is 0 Å². The Kier molecular flexibility index (Phi) is 4.46. The first-order valence-corrected chi connectivity index (χ1v) is 8.26. The third kappa shape index (κ3) is 3.59. The molecule has 1 fully saturated rings. The second kappa shape index (κ2) is 5.94. The zero-order valence-electron chi connectivity index (χ0n) is 11.4. The molecule has 0 atom stereocenters. The Hall–Kier alpha value is -1.38. The smallest absolute Gasteiger partial charge is 0.268 e. The maximum absolute atomic E-state index is 11.5. The molecule has 1 aliphatic rings. The first kappa shape index (κ1) is 15.0. The van der Waals surface area contributed by atoms with Crippen molar-refractivity contribution >= 4 is 15.7 Å². The van der Waals surface area contributed by atoms with Gasteiger partial charge in [0.15, 0.2) is 9.84 Å². The van der Waals surface area contributed by atoms with Crippen molar-refractivity contribution in [1.82, 2.24) is 10.3 Å². The topological polar surface area (TPSA) is 106 Å². The van der Waals surface area contributed by atoms with Crippen molar-refractivity contribution < 1.29 is 17.6 Å². The van der Waals surface area contributed by atoms with Gasteiger partial charge in [-0.25, -0.2) is 14.3 Å². The van der Waals surface area contributed by atoms with Gasteiger partial charge in [-0.1, -0.05) is 0 Å². The molecule has 1 aliphatic heterocycles. The van der Waals surface area contributed by atoms with Gasteiger partial charge in [-0.05, 0) is 26.0 Å². The fraction of sp³-hybridized carbons (Fsp3) is 0.583. The molecule has 2 heterocycles. The van der Waals surface area contributed by atoms with E-state index < -0.39 is 15.7 Å². The molecule has 0 radical (unpaired) electrons. The second-order valence-corrected chi connectivity index (χ2v) is 7.24. The maximum atomic E-state index is 11.5. The number of nitrogens with two attached hydrogens (primary N) is 1. The molecule has 0 aromatic carbocycles. The van der Waals surface area contributed by atoms with Gasteiger partial charge in [-0.15, -0.1) is 0 Å². The highest BCUT2D eigenvalue weighted by Gasteiger charge is 2.21. The number of hydrogen-bond donors (Lipinski definition) is 2. The number of nitrogens with zero attached hydrogens (tertiary/aromatic N) is 1. The molecule has 1 amide bonds. The van der Waals surface area contributed by atoms with E-state index in [1.54, 1.807) is 13.0 Å². The average Bonchev–Trinajstić information content (AvgIpc) is 2.66. The van der Waals surface area contributed by atoms with Crippen LogP contribution in [0.15, 0.2) is 10.5 Å². The summed E-state index contributed by atoms with van der Waals surface area (Å²) in [5, 5.41) is 0. The Morgan fingerprint density at radius 1 is 1.45 bits per heavy atom. The molecule has 1 aromatic heterocycles. The molecular weight excluding hydrogens is 282 g/mol. The molecule has 0 aliphatic carbocycles. The minimum absolute atomic E-state index is 0.169. The van der Waals surface area contributed by atoms with E-state index in [9.17, 15) is 13.2 Å². The van der Waals surface area contributed by atoms with E-state index in [1.807, 2.05) is 4.90 Å².